The molecule has 1 aliphatic heterocycles. The Hall–Kier alpha value is -1.88. The number of rotatable bonds is 3. The summed E-state index contributed by atoms with van der Waals surface area (Å²) in [5.74, 6) is -0.743. The zero-order valence-corrected chi connectivity index (χ0v) is 12.8. The van der Waals surface area contributed by atoms with Crippen LogP contribution in [0.5, 0.6) is 0 Å². The molecule has 21 heavy (non-hydrogen) atoms. The van der Waals surface area contributed by atoms with Crippen molar-refractivity contribution in [3.05, 3.63) is 46.4 Å². The maximum absolute atomic E-state index is 12.3. The van der Waals surface area contributed by atoms with Crippen molar-refractivity contribution >= 4 is 38.6 Å². The number of halogens is 1. The zero-order chi connectivity index (χ0) is 15.0. The van der Waals surface area contributed by atoms with Crippen LogP contribution in [0.15, 0.2) is 40.9 Å². The number of amides is 1. The number of hydrogen-bond donors (Lipinski definition) is 1. The Balaban J connectivity index is 1.74. The van der Waals surface area contributed by atoms with Crippen LogP contribution in [0.3, 0.4) is 0 Å². The number of likely N-dealkylation sites (tertiary alicyclic amines) is 1. The van der Waals surface area contributed by atoms with Gasteiger partial charge in [-0.3, -0.25) is 9.59 Å². The maximum Gasteiger partial charge on any atom is 0.303 e. The lowest BCUT2D eigenvalue weighted by Gasteiger charge is -2.38. The van der Waals surface area contributed by atoms with Gasteiger partial charge in [0.1, 0.15) is 0 Å². The van der Waals surface area contributed by atoms with Gasteiger partial charge in [-0.05, 0) is 35.0 Å². The third-order valence-corrected chi connectivity index (χ3v) is 4.25. The van der Waals surface area contributed by atoms with Crippen molar-refractivity contribution in [3.63, 3.8) is 0 Å². The molecule has 1 fully saturated rings. The lowest BCUT2D eigenvalue weighted by atomic mass is 9.95. The number of carboxylic acids is 1. The number of carbonyl (C=O) groups is 2. The van der Waals surface area contributed by atoms with Crippen molar-refractivity contribution in [2.45, 2.75) is 6.42 Å². The number of aliphatic carboxylic acids is 1. The van der Waals surface area contributed by atoms with E-state index in [1.807, 2.05) is 36.4 Å². The van der Waals surface area contributed by atoms with Gasteiger partial charge in [-0.25, -0.2) is 0 Å². The van der Waals surface area contributed by atoms with Crippen molar-refractivity contribution in [2.75, 3.05) is 13.1 Å². The molecule has 1 saturated heterocycles. The Morgan fingerprint density at radius 2 is 1.81 bits per heavy atom. The van der Waals surface area contributed by atoms with Crippen LogP contribution in [-0.4, -0.2) is 35.0 Å². The molecule has 1 N–H and O–H groups in total. The standard InChI is InChI=1S/C16H14BrNO3/c17-14-4-3-11-6-13(2-1-12(11)7-14)16(21)18-8-10(9-18)5-15(19)20/h1-4,6-7,10H,5,8-9H2,(H,19,20). The highest BCUT2D eigenvalue weighted by Gasteiger charge is 2.32. The lowest BCUT2D eigenvalue weighted by molar-refractivity contribution is -0.139. The molecular formula is C16H14BrNO3. The first-order valence-electron chi connectivity index (χ1n) is 6.73. The second-order valence-electron chi connectivity index (χ2n) is 5.38. The first-order valence-corrected chi connectivity index (χ1v) is 7.52. The number of carbonyl (C=O) groups excluding carboxylic acids is 1. The molecule has 108 valence electrons. The van der Waals surface area contributed by atoms with E-state index < -0.39 is 5.97 Å². The Kier molecular flexibility index (Phi) is 3.68. The molecular weight excluding hydrogens is 334 g/mol. The summed E-state index contributed by atoms with van der Waals surface area (Å²) in [7, 11) is 0. The molecule has 1 amide bonds. The van der Waals surface area contributed by atoms with Gasteiger partial charge in [0.2, 0.25) is 0 Å². The average Bonchev–Trinajstić information content (AvgIpc) is 2.41. The minimum absolute atomic E-state index is 0.0264. The zero-order valence-electron chi connectivity index (χ0n) is 11.3. The van der Waals surface area contributed by atoms with Gasteiger partial charge in [-0.1, -0.05) is 28.1 Å². The van der Waals surface area contributed by atoms with E-state index in [9.17, 15) is 9.59 Å². The van der Waals surface area contributed by atoms with Crippen molar-refractivity contribution in [1.29, 1.82) is 0 Å². The van der Waals surface area contributed by atoms with Crippen LogP contribution < -0.4 is 0 Å². The van der Waals surface area contributed by atoms with Crippen molar-refractivity contribution in [3.8, 4) is 0 Å². The molecule has 0 saturated carbocycles. The molecule has 1 heterocycles. The van der Waals surface area contributed by atoms with E-state index in [0.29, 0.717) is 18.7 Å². The molecule has 0 unspecified atom stereocenters. The molecule has 0 bridgehead atoms. The van der Waals surface area contributed by atoms with E-state index in [0.717, 1.165) is 15.2 Å². The fraction of sp³-hybridized carbons (Fsp3) is 0.250. The van der Waals surface area contributed by atoms with E-state index in [4.69, 9.17) is 5.11 Å². The summed E-state index contributed by atoms with van der Waals surface area (Å²) in [6, 6.07) is 11.6. The maximum atomic E-state index is 12.3. The minimum Gasteiger partial charge on any atom is -0.481 e. The van der Waals surface area contributed by atoms with Crippen LogP contribution in [0.1, 0.15) is 16.8 Å². The second-order valence-corrected chi connectivity index (χ2v) is 6.30. The molecule has 1 aliphatic rings. The third kappa shape index (κ3) is 2.93. The Morgan fingerprint density at radius 1 is 1.14 bits per heavy atom. The summed E-state index contributed by atoms with van der Waals surface area (Å²) in [5, 5.41) is 10.8. The summed E-state index contributed by atoms with van der Waals surface area (Å²) in [5.41, 5.74) is 0.651. The molecule has 2 aromatic rings. The SMILES string of the molecule is O=C(O)CC1CN(C(=O)c2ccc3cc(Br)ccc3c2)C1. The Bertz CT molecular complexity index is 723. The van der Waals surface area contributed by atoms with Gasteiger partial charge in [0, 0.05) is 29.0 Å². The summed E-state index contributed by atoms with van der Waals surface area (Å²) < 4.78 is 1.01. The molecule has 4 nitrogen and oxygen atoms in total. The summed E-state index contributed by atoms with van der Waals surface area (Å²) in [6.07, 6.45) is 0.134. The highest BCUT2D eigenvalue weighted by molar-refractivity contribution is 9.10. The van der Waals surface area contributed by atoms with Gasteiger partial charge in [0.25, 0.3) is 5.91 Å². The van der Waals surface area contributed by atoms with Gasteiger partial charge in [-0.2, -0.15) is 0 Å². The van der Waals surface area contributed by atoms with Gasteiger partial charge >= 0.3 is 5.97 Å². The van der Waals surface area contributed by atoms with Crippen molar-refractivity contribution in [2.24, 2.45) is 5.92 Å². The Labute approximate surface area is 130 Å². The summed E-state index contributed by atoms with van der Waals surface area (Å²) >= 11 is 3.43. The number of nitrogens with zero attached hydrogens (tertiary/aromatic N) is 1. The largest absolute Gasteiger partial charge is 0.481 e. The predicted octanol–water partition coefficient (Wildman–Crippen LogP) is 3.15. The molecule has 5 heteroatoms. The van der Waals surface area contributed by atoms with Crippen molar-refractivity contribution in [1.82, 2.24) is 4.90 Å². The van der Waals surface area contributed by atoms with Gasteiger partial charge in [-0.15, -0.1) is 0 Å². The highest BCUT2D eigenvalue weighted by atomic mass is 79.9. The van der Waals surface area contributed by atoms with Crippen LogP contribution >= 0.6 is 15.9 Å². The summed E-state index contributed by atoms with van der Waals surface area (Å²) in [4.78, 5) is 24.7. The monoisotopic (exact) mass is 347 g/mol. The second kappa shape index (κ2) is 5.48. The third-order valence-electron chi connectivity index (χ3n) is 3.76. The van der Waals surface area contributed by atoms with Crippen LogP contribution in [0.4, 0.5) is 0 Å². The number of benzene rings is 2. The quantitative estimate of drug-likeness (QED) is 0.927. The molecule has 3 rings (SSSR count). The van der Waals surface area contributed by atoms with Crippen molar-refractivity contribution < 1.29 is 14.7 Å². The normalized spacial score (nSPS) is 15.0. The van der Waals surface area contributed by atoms with Gasteiger partial charge in [0.05, 0.1) is 6.42 Å². The van der Waals surface area contributed by atoms with E-state index in [-0.39, 0.29) is 18.2 Å². The number of carboxylic acid groups (broad SMARTS) is 1. The molecule has 0 radical (unpaired) electrons. The topological polar surface area (TPSA) is 57.6 Å². The van der Waals surface area contributed by atoms with Crippen LogP contribution in [0.25, 0.3) is 10.8 Å². The van der Waals surface area contributed by atoms with Crippen LogP contribution in [0.2, 0.25) is 0 Å². The smallest absolute Gasteiger partial charge is 0.303 e. The lowest BCUT2D eigenvalue weighted by Crippen LogP contribution is -2.50. The Morgan fingerprint density at radius 3 is 2.52 bits per heavy atom. The number of hydrogen-bond acceptors (Lipinski definition) is 2. The first kappa shape index (κ1) is 14.1. The van der Waals surface area contributed by atoms with Crippen LogP contribution in [-0.2, 0) is 4.79 Å². The molecule has 0 aliphatic carbocycles. The first-order chi connectivity index (χ1) is 10.0. The predicted molar refractivity (Wildman–Crippen MR) is 83.3 cm³/mol. The fourth-order valence-electron chi connectivity index (χ4n) is 2.64. The van der Waals surface area contributed by atoms with E-state index >= 15 is 0 Å². The highest BCUT2D eigenvalue weighted by Crippen LogP contribution is 2.25. The number of fused-ring (bicyclic) bond motifs is 1. The minimum atomic E-state index is -0.802. The molecule has 0 spiro atoms. The summed E-state index contributed by atoms with van der Waals surface area (Å²) in [6.45, 7) is 1.06. The molecule has 2 aromatic carbocycles. The average molecular weight is 348 g/mol. The van der Waals surface area contributed by atoms with E-state index in [1.54, 1.807) is 4.90 Å². The van der Waals surface area contributed by atoms with Gasteiger partial charge in [0.15, 0.2) is 0 Å². The molecule has 0 aromatic heterocycles. The fourth-order valence-corrected chi connectivity index (χ4v) is 3.02. The molecule has 0 atom stereocenters. The van der Waals surface area contributed by atoms with Crippen LogP contribution in [0, 0.1) is 5.92 Å². The van der Waals surface area contributed by atoms with E-state index in [2.05, 4.69) is 15.9 Å². The van der Waals surface area contributed by atoms with E-state index in [1.165, 1.54) is 0 Å². The van der Waals surface area contributed by atoms with Gasteiger partial charge < -0.3 is 10.0 Å².